The maximum atomic E-state index is 11.9. The third-order valence-electron chi connectivity index (χ3n) is 3.08. The Labute approximate surface area is 138 Å². The van der Waals surface area contributed by atoms with E-state index in [-0.39, 0.29) is 18.0 Å². The summed E-state index contributed by atoms with van der Waals surface area (Å²) in [5.41, 5.74) is 1.67. The molecule has 1 heterocycles. The van der Waals surface area contributed by atoms with Crippen LogP contribution in [-0.4, -0.2) is 18.4 Å². The molecular weight excluding hydrogens is 310 g/mol. The van der Waals surface area contributed by atoms with Gasteiger partial charge in [-0.05, 0) is 37.6 Å². The number of rotatable bonds is 5. The van der Waals surface area contributed by atoms with Crippen molar-refractivity contribution in [3.05, 3.63) is 62.9 Å². The van der Waals surface area contributed by atoms with Crippen molar-refractivity contribution in [1.82, 2.24) is 0 Å². The maximum absolute atomic E-state index is 11.9. The van der Waals surface area contributed by atoms with E-state index in [2.05, 4.69) is 0 Å². The van der Waals surface area contributed by atoms with Gasteiger partial charge in [0.2, 0.25) is 5.78 Å². The number of nitriles is 1. The molecule has 0 spiro atoms. The van der Waals surface area contributed by atoms with Gasteiger partial charge in [0, 0.05) is 4.88 Å². The van der Waals surface area contributed by atoms with Gasteiger partial charge in [-0.2, -0.15) is 5.26 Å². The summed E-state index contributed by atoms with van der Waals surface area (Å²) in [6, 6.07) is 12.7. The van der Waals surface area contributed by atoms with Crippen molar-refractivity contribution in [1.29, 1.82) is 5.26 Å². The van der Waals surface area contributed by atoms with Gasteiger partial charge in [0.1, 0.15) is 11.6 Å². The highest BCUT2D eigenvalue weighted by molar-refractivity contribution is 7.14. The fourth-order valence-corrected chi connectivity index (χ4v) is 2.62. The molecule has 1 aromatic heterocycles. The molecule has 0 aliphatic heterocycles. The molecule has 0 bridgehead atoms. The quantitative estimate of drug-likeness (QED) is 0.364. The highest BCUT2D eigenvalue weighted by atomic mass is 32.1. The molecular formula is C18H15NO3S. The number of carbonyl (C=O) groups is 2. The van der Waals surface area contributed by atoms with E-state index in [1.165, 1.54) is 17.4 Å². The minimum atomic E-state index is -0.797. The molecule has 2 rings (SSSR count). The van der Waals surface area contributed by atoms with E-state index >= 15 is 0 Å². The number of ether oxygens (including phenoxy) is 1. The largest absolute Gasteiger partial charge is 0.453 e. The van der Waals surface area contributed by atoms with E-state index in [0.29, 0.717) is 4.88 Å². The molecule has 116 valence electrons. The molecule has 0 N–H and O–H groups in total. The minimum Gasteiger partial charge on any atom is -0.453 e. The molecule has 0 aliphatic rings. The van der Waals surface area contributed by atoms with Crippen LogP contribution in [0.1, 0.15) is 25.7 Å². The number of ketones is 1. The van der Waals surface area contributed by atoms with Crippen LogP contribution >= 0.6 is 11.3 Å². The molecule has 4 nitrogen and oxygen atoms in total. The molecule has 1 aromatic carbocycles. The first-order valence-electron chi connectivity index (χ1n) is 6.95. The van der Waals surface area contributed by atoms with Crippen molar-refractivity contribution in [2.75, 3.05) is 6.61 Å². The Morgan fingerprint density at radius 1 is 1.17 bits per heavy atom. The average molecular weight is 325 g/mol. The number of nitrogens with zero attached hydrogens (tertiary/aromatic N) is 1. The molecule has 0 fully saturated rings. The van der Waals surface area contributed by atoms with Crippen molar-refractivity contribution >= 4 is 29.2 Å². The Hall–Kier alpha value is -2.71. The predicted molar refractivity (Wildman–Crippen MR) is 89.1 cm³/mol. The zero-order valence-corrected chi connectivity index (χ0v) is 13.6. The Bertz CT molecular complexity index is 794. The van der Waals surface area contributed by atoms with Gasteiger partial charge in [-0.15, -0.1) is 11.3 Å². The van der Waals surface area contributed by atoms with Crippen molar-refractivity contribution in [3.63, 3.8) is 0 Å². The monoisotopic (exact) mass is 325 g/mol. The lowest BCUT2D eigenvalue weighted by Gasteiger charge is -2.02. The van der Waals surface area contributed by atoms with Crippen LogP contribution in [-0.2, 0) is 9.53 Å². The number of Topliss-reactive ketones (excluding diaryl/α,β-unsaturated/α-hetero) is 1. The summed E-state index contributed by atoms with van der Waals surface area (Å²) < 4.78 is 4.94. The fraction of sp³-hybridized carbons (Fsp3) is 0.167. The van der Waals surface area contributed by atoms with Crippen molar-refractivity contribution in [3.8, 4) is 6.07 Å². The van der Waals surface area contributed by atoms with Crippen molar-refractivity contribution in [2.24, 2.45) is 0 Å². The summed E-state index contributed by atoms with van der Waals surface area (Å²) in [5.74, 6) is -1.07. The zero-order valence-electron chi connectivity index (χ0n) is 12.8. The van der Waals surface area contributed by atoms with Crippen LogP contribution in [0.25, 0.3) is 6.08 Å². The Kier molecular flexibility index (Phi) is 5.45. The molecule has 0 saturated carbocycles. The van der Waals surface area contributed by atoms with Crippen LogP contribution < -0.4 is 0 Å². The van der Waals surface area contributed by atoms with Gasteiger partial charge < -0.3 is 4.74 Å². The normalized spacial score (nSPS) is 10.9. The summed E-state index contributed by atoms with van der Waals surface area (Å²) in [6.45, 7) is 3.47. The van der Waals surface area contributed by atoms with E-state index in [1.54, 1.807) is 18.2 Å². The van der Waals surface area contributed by atoms with Gasteiger partial charge in [0.05, 0.1) is 4.88 Å². The molecule has 0 saturated heterocycles. The highest BCUT2D eigenvalue weighted by Gasteiger charge is 2.15. The number of thiophene rings is 1. The van der Waals surface area contributed by atoms with E-state index in [1.807, 2.05) is 38.1 Å². The van der Waals surface area contributed by atoms with E-state index in [0.717, 1.165) is 16.0 Å². The van der Waals surface area contributed by atoms with Gasteiger partial charge in [-0.3, -0.25) is 4.79 Å². The van der Waals surface area contributed by atoms with Gasteiger partial charge in [0.25, 0.3) is 0 Å². The lowest BCUT2D eigenvalue weighted by molar-refractivity contribution is -0.137. The lowest BCUT2D eigenvalue weighted by Crippen LogP contribution is -2.14. The number of aryl methyl sites for hydroxylation is 2. The van der Waals surface area contributed by atoms with E-state index in [9.17, 15) is 9.59 Å². The van der Waals surface area contributed by atoms with Gasteiger partial charge in [0.15, 0.2) is 6.61 Å². The zero-order chi connectivity index (χ0) is 16.8. The van der Waals surface area contributed by atoms with E-state index < -0.39 is 5.97 Å². The summed E-state index contributed by atoms with van der Waals surface area (Å²) in [6.07, 6.45) is 1.45. The molecule has 0 radical (unpaired) electrons. The lowest BCUT2D eigenvalue weighted by atomic mass is 10.1. The van der Waals surface area contributed by atoms with Crippen LogP contribution in [0.5, 0.6) is 0 Å². The number of hydrogen-bond donors (Lipinski definition) is 0. The smallest absolute Gasteiger partial charge is 0.349 e. The molecule has 2 aromatic rings. The highest BCUT2D eigenvalue weighted by Crippen LogP contribution is 2.16. The first kappa shape index (κ1) is 16.7. The predicted octanol–water partition coefficient (Wildman–Crippen LogP) is 3.70. The fourth-order valence-electron chi connectivity index (χ4n) is 1.83. The number of esters is 1. The molecule has 23 heavy (non-hydrogen) atoms. The molecule has 5 heteroatoms. The molecule has 0 unspecified atom stereocenters. The summed E-state index contributed by atoms with van der Waals surface area (Å²) in [5, 5.41) is 9.10. The van der Waals surface area contributed by atoms with Crippen LogP contribution in [0.2, 0.25) is 0 Å². The number of hydrogen-bond acceptors (Lipinski definition) is 5. The second-order valence-corrected chi connectivity index (χ2v) is 6.28. The Morgan fingerprint density at radius 3 is 2.43 bits per heavy atom. The Balaban J connectivity index is 2.01. The summed E-state index contributed by atoms with van der Waals surface area (Å²) in [4.78, 5) is 25.4. The van der Waals surface area contributed by atoms with Crippen LogP contribution in [0.3, 0.4) is 0 Å². The SMILES string of the molecule is Cc1ccc(/C=C(\C#N)C(=O)OCC(=O)c2ccc(C)s2)cc1. The Morgan fingerprint density at radius 2 is 1.87 bits per heavy atom. The average Bonchev–Trinajstić information content (AvgIpc) is 2.98. The molecule has 0 amide bonds. The maximum Gasteiger partial charge on any atom is 0.349 e. The second-order valence-electron chi connectivity index (χ2n) is 4.99. The van der Waals surface area contributed by atoms with Crippen LogP contribution in [0.15, 0.2) is 42.0 Å². The van der Waals surface area contributed by atoms with Crippen molar-refractivity contribution in [2.45, 2.75) is 13.8 Å². The van der Waals surface area contributed by atoms with Gasteiger partial charge in [-0.1, -0.05) is 29.8 Å². The van der Waals surface area contributed by atoms with Crippen molar-refractivity contribution < 1.29 is 14.3 Å². The minimum absolute atomic E-state index is 0.135. The van der Waals surface area contributed by atoms with E-state index in [4.69, 9.17) is 10.00 Å². The first-order valence-corrected chi connectivity index (χ1v) is 7.76. The third kappa shape index (κ3) is 4.63. The van der Waals surface area contributed by atoms with Gasteiger partial charge in [-0.25, -0.2) is 4.79 Å². The second kappa shape index (κ2) is 7.52. The first-order chi connectivity index (χ1) is 11.0. The molecule has 0 atom stereocenters. The summed E-state index contributed by atoms with van der Waals surface area (Å²) >= 11 is 1.35. The topological polar surface area (TPSA) is 67.2 Å². The number of carbonyl (C=O) groups excluding carboxylic acids is 2. The van der Waals surface area contributed by atoms with Crippen LogP contribution in [0, 0.1) is 25.2 Å². The van der Waals surface area contributed by atoms with Gasteiger partial charge >= 0.3 is 5.97 Å². The third-order valence-corrected chi connectivity index (χ3v) is 4.12. The molecule has 0 aliphatic carbocycles. The number of benzene rings is 1. The van der Waals surface area contributed by atoms with Crippen LogP contribution in [0.4, 0.5) is 0 Å². The summed E-state index contributed by atoms with van der Waals surface area (Å²) in [7, 11) is 0. The standard InChI is InChI=1S/C18H15NO3S/c1-12-3-6-14(7-4-12)9-15(10-19)18(21)22-11-16(20)17-8-5-13(2)23-17/h3-9H,11H2,1-2H3/b15-9+.